The number of aromatic nitrogens is 2. The average Bonchev–Trinajstić information content (AvgIpc) is 3.31. The molecule has 4 rings (SSSR count). The van der Waals surface area contributed by atoms with E-state index >= 15 is 0 Å². The lowest BCUT2D eigenvalue weighted by molar-refractivity contribution is -0.124. The molecule has 0 saturated heterocycles. The Morgan fingerprint density at radius 2 is 1.64 bits per heavy atom. The Labute approximate surface area is 213 Å². The number of amides is 1. The lowest BCUT2D eigenvalue weighted by Gasteiger charge is -2.22. The molecule has 0 bridgehead atoms. The Hall–Kier alpha value is -3.80. The van der Waals surface area contributed by atoms with E-state index in [9.17, 15) is 4.79 Å². The SMILES string of the molecule is CCCCCCC(C(=O)NCc1ccc(OC)cc1)n1c(-c2ccccc2)nc2cc(OC)ccc21. The van der Waals surface area contributed by atoms with Crippen LogP contribution in [0.2, 0.25) is 0 Å². The van der Waals surface area contributed by atoms with Gasteiger partial charge in [-0.05, 0) is 36.2 Å². The zero-order valence-corrected chi connectivity index (χ0v) is 21.4. The fraction of sp³-hybridized carbons (Fsp3) is 0.333. The summed E-state index contributed by atoms with van der Waals surface area (Å²) < 4.78 is 12.8. The number of nitrogens with zero attached hydrogens (tertiary/aromatic N) is 2. The van der Waals surface area contributed by atoms with Crippen molar-refractivity contribution in [3.63, 3.8) is 0 Å². The second-order valence-electron chi connectivity index (χ2n) is 8.96. The van der Waals surface area contributed by atoms with Gasteiger partial charge < -0.3 is 19.4 Å². The quantitative estimate of drug-likeness (QED) is 0.231. The monoisotopic (exact) mass is 485 g/mol. The van der Waals surface area contributed by atoms with Crippen LogP contribution in [0.3, 0.4) is 0 Å². The number of unbranched alkanes of at least 4 members (excludes halogenated alkanes) is 3. The first-order valence-corrected chi connectivity index (χ1v) is 12.7. The highest BCUT2D eigenvalue weighted by Gasteiger charge is 2.26. The van der Waals surface area contributed by atoms with Gasteiger partial charge in [0.1, 0.15) is 23.4 Å². The van der Waals surface area contributed by atoms with Gasteiger partial charge in [0.05, 0.1) is 25.3 Å². The largest absolute Gasteiger partial charge is 0.497 e. The van der Waals surface area contributed by atoms with Gasteiger partial charge in [0.15, 0.2) is 0 Å². The molecule has 188 valence electrons. The first kappa shape index (κ1) is 25.3. The maximum atomic E-state index is 13.7. The molecule has 0 radical (unpaired) electrons. The Morgan fingerprint density at radius 1 is 0.917 bits per heavy atom. The van der Waals surface area contributed by atoms with E-state index in [1.807, 2.05) is 72.8 Å². The molecule has 0 aliphatic carbocycles. The molecule has 6 nitrogen and oxygen atoms in total. The number of hydrogen-bond acceptors (Lipinski definition) is 4. The molecule has 1 aromatic heterocycles. The maximum absolute atomic E-state index is 13.7. The summed E-state index contributed by atoms with van der Waals surface area (Å²) in [5.41, 5.74) is 3.75. The summed E-state index contributed by atoms with van der Waals surface area (Å²) in [7, 11) is 3.30. The number of rotatable bonds is 12. The van der Waals surface area contributed by atoms with E-state index < -0.39 is 0 Å². The molecule has 0 aliphatic heterocycles. The van der Waals surface area contributed by atoms with E-state index in [1.54, 1.807) is 14.2 Å². The molecule has 1 unspecified atom stereocenters. The second kappa shape index (κ2) is 12.2. The highest BCUT2D eigenvalue weighted by atomic mass is 16.5. The van der Waals surface area contributed by atoms with Gasteiger partial charge >= 0.3 is 0 Å². The van der Waals surface area contributed by atoms with Crippen molar-refractivity contribution in [3.8, 4) is 22.9 Å². The molecule has 3 aromatic carbocycles. The van der Waals surface area contributed by atoms with Gasteiger partial charge in [0.2, 0.25) is 5.91 Å². The molecule has 6 heteroatoms. The van der Waals surface area contributed by atoms with Gasteiger partial charge in [-0.25, -0.2) is 4.98 Å². The standard InChI is InChI=1S/C30H35N3O3/c1-4-5-6-10-13-28(30(34)31-21-22-14-16-24(35-2)17-15-22)33-27-19-18-25(36-3)20-26(27)32-29(33)23-11-8-7-9-12-23/h7-9,11-12,14-20,28H,4-6,10,13,21H2,1-3H3,(H,31,34). The Bertz CT molecular complexity index is 1270. The van der Waals surface area contributed by atoms with E-state index in [4.69, 9.17) is 14.5 Å². The van der Waals surface area contributed by atoms with E-state index in [1.165, 1.54) is 0 Å². The Balaban J connectivity index is 1.70. The van der Waals surface area contributed by atoms with Crippen LogP contribution in [-0.2, 0) is 11.3 Å². The first-order valence-electron chi connectivity index (χ1n) is 12.7. The van der Waals surface area contributed by atoms with E-state index in [0.29, 0.717) is 6.54 Å². The second-order valence-corrected chi connectivity index (χ2v) is 8.96. The van der Waals surface area contributed by atoms with Crippen LogP contribution in [-0.4, -0.2) is 29.7 Å². The van der Waals surface area contributed by atoms with Gasteiger partial charge in [-0.3, -0.25) is 4.79 Å². The number of methoxy groups -OCH3 is 2. The number of carbonyl (C=O) groups excluding carboxylic acids is 1. The minimum Gasteiger partial charge on any atom is -0.497 e. The third kappa shape index (κ3) is 5.88. The van der Waals surface area contributed by atoms with Gasteiger partial charge in [0.25, 0.3) is 0 Å². The molecular formula is C30H35N3O3. The maximum Gasteiger partial charge on any atom is 0.243 e. The third-order valence-electron chi connectivity index (χ3n) is 6.50. The minimum atomic E-state index is -0.381. The minimum absolute atomic E-state index is 0.00499. The molecule has 0 aliphatic rings. The molecule has 1 atom stereocenters. The number of imidazole rings is 1. The number of fused-ring (bicyclic) bond motifs is 1. The van der Waals surface area contributed by atoms with Crippen LogP contribution < -0.4 is 14.8 Å². The van der Waals surface area contributed by atoms with Gasteiger partial charge in [-0.2, -0.15) is 0 Å². The Kier molecular flexibility index (Phi) is 8.61. The van der Waals surface area contributed by atoms with Crippen molar-refractivity contribution >= 4 is 16.9 Å². The number of carbonyl (C=O) groups is 1. The van der Waals surface area contributed by atoms with Crippen molar-refractivity contribution in [2.24, 2.45) is 0 Å². The zero-order valence-electron chi connectivity index (χ0n) is 21.4. The van der Waals surface area contributed by atoms with Crippen molar-refractivity contribution in [2.45, 2.75) is 51.6 Å². The van der Waals surface area contributed by atoms with Crippen LogP contribution in [0.15, 0.2) is 72.8 Å². The summed E-state index contributed by atoms with van der Waals surface area (Å²) in [5.74, 6) is 2.33. The van der Waals surface area contributed by atoms with Crippen LogP contribution in [0.25, 0.3) is 22.4 Å². The fourth-order valence-electron chi connectivity index (χ4n) is 4.50. The van der Waals surface area contributed by atoms with Crippen molar-refractivity contribution in [3.05, 3.63) is 78.4 Å². The summed E-state index contributed by atoms with van der Waals surface area (Å²) in [4.78, 5) is 18.7. The van der Waals surface area contributed by atoms with Crippen molar-refractivity contribution in [1.82, 2.24) is 14.9 Å². The van der Waals surface area contributed by atoms with E-state index in [2.05, 4.69) is 16.8 Å². The van der Waals surface area contributed by atoms with Crippen molar-refractivity contribution in [1.29, 1.82) is 0 Å². The lowest BCUT2D eigenvalue weighted by Crippen LogP contribution is -2.32. The Morgan fingerprint density at radius 3 is 2.33 bits per heavy atom. The summed E-state index contributed by atoms with van der Waals surface area (Å²) in [6.45, 7) is 2.65. The van der Waals surface area contributed by atoms with E-state index in [0.717, 1.165) is 71.6 Å². The number of hydrogen-bond donors (Lipinski definition) is 1. The highest BCUT2D eigenvalue weighted by molar-refractivity contribution is 5.87. The van der Waals surface area contributed by atoms with Gasteiger partial charge in [-0.15, -0.1) is 0 Å². The lowest BCUT2D eigenvalue weighted by atomic mass is 10.0. The van der Waals surface area contributed by atoms with Crippen LogP contribution in [0.4, 0.5) is 0 Å². The topological polar surface area (TPSA) is 65.4 Å². The van der Waals surface area contributed by atoms with Crippen LogP contribution in [0.1, 0.15) is 50.6 Å². The van der Waals surface area contributed by atoms with Crippen molar-refractivity contribution in [2.75, 3.05) is 14.2 Å². The summed E-state index contributed by atoms with van der Waals surface area (Å²) in [6, 6.07) is 23.3. The third-order valence-corrected chi connectivity index (χ3v) is 6.50. The normalized spacial score (nSPS) is 11.9. The predicted molar refractivity (Wildman–Crippen MR) is 144 cm³/mol. The van der Waals surface area contributed by atoms with E-state index in [-0.39, 0.29) is 11.9 Å². The number of ether oxygens (including phenoxy) is 2. The smallest absolute Gasteiger partial charge is 0.243 e. The average molecular weight is 486 g/mol. The van der Waals surface area contributed by atoms with Gasteiger partial charge in [0, 0.05) is 18.2 Å². The molecule has 4 aromatic rings. The fourth-order valence-corrected chi connectivity index (χ4v) is 4.50. The predicted octanol–water partition coefficient (Wildman–Crippen LogP) is 6.55. The summed E-state index contributed by atoms with van der Waals surface area (Å²) in [5, 5.41) is 3.18. The summed E-state index contributed by atoms with van der Waals surface area (Å²) in [6.07, 6.45) is 5.12. The summed E-state index contributed by atoms with van der Waals surface area (Å²) >= 11 is 0. The first-order chi connectivity index (χ1) is 17.6. The highest BCUT2D eigenvalue weighted by Crippen LogP contribution is 2.33. The van der Waals surface area contributed by atoms with Crippen LogP contribution in [0, 0.1) is 0 Å². The molecule has 1 heterocycles. The van der Waals surface area contributed by atoms with Gasteiger partial charge in [-0.1, -0.05) is 75.1 Å². The molecule has 0 saturated carbocycles. The molecule has 1 N–H and O–H groups in total. The van der Waals surface area contributed by atoms with Crippen LogP contribution >= 0.6 is 0 Å². The molecular weight excluding hydrogens is 450 g/mol. The number of benzene rings is 3. The molecule has 0 fully saturated rings. The molecule has 1 amide bonds. The van der Waals surface area contributed by atoms with Crippen LogP contribution in [0.5, 0.6) is 11.5 Å². The molecule has 0 spiro atoms. The molecule has 36 heavy (non-hydrogen) atoms. The zero-order chi connectivity index (χ0) is 25.3. The number of nitrogens with one attached hydrogen (secondary N) is 1. The van der Waals surface area contributed by atoms with Crippen molar-refractivity contribution < 1.29 is 14.3 Å².